The molecule has 3 heterocycles. The second-order valence-electron chi connectivity index (χ2n) is 10.9. The second kappa shape index (κ2) is 11.6. The van der Waals surface area contributed by atoms with Gasteiger partial charge in [-0.05, 0) is 83.7 Å². The number of hydrogen-bond donors (Lipinski definition) is 3. The summed E-state index contributed by atoms with van der Waals surface area (Å²) in [6.45, 7) is 9.87. The fourth-order valence-electron chi connectivity index (χ4n) is 6.01. The molecule has 2 atom stereocenters. The van der Waals surface area contributed by atoms with Gasteiger partial charge in [-0.15, -0.1) is 0 Å². The monoisotopic (exact) mass is 507 g/mol. The van der Waals surface area contributed by atoms with E-state index in [-0.39, 0.29) is 11.6 Å². The van der Waals surface area contributed by atoms with Gasteiger partial charge in [0.05, 0.1) is 5.70 Å². The first-order valence-electron chi connectivity index (χ1n) is 13.9. The molecule has 0 aromatic rings. The molecule has 8 nitrogen and oxygen atoms in total. The Bertz CT molecular complexity index is 1060. The third-order valence-corrected chi connectivity index (χ3v) is 8.47. The van der Waals surface area contributed by atoms with Crippen LogP contribution >= 0.6 is 0 Å². The lowest BCUT2D eigenvalue weighted by atomic mass is 10.2. The first-order valence-corrected chi connectivity index (χ1v) is 13.9. The summed E-state index contributed by atoms with van der Waals surface area (Å²) >= 11 is 0. The van der Waals surface area contributed by atoms with E-state index < -0.39 is 0 Å². The largest absolute Gasteiger partial charge is 0.394 e. The Morgan fingerprint density at radius 1 is 1.11 bits per heavy atom. The van der Waals surface area contributed by atoms with E-state index in [1.54, 1.807) is 12.2 Å². The van der Waals surface area contributed by atoms with Gasteiger partial charge in [0.25, 0.3) is 5.91 Å². The van der Waals surface area contributed by atoms with Crippen LogP contribution in [0.5, 0.6) is 0 Å². The molecule has 4 aliphatic rings. The van der Waals surface area contributed by atoms with E-state index in [0.717, 1.165) is 55.2 Å². The van der Waals surface area contributed by atoms with Crippen molar-refractivity contribution in [2.75, 3.05) is 20.1 Å². The number of piperazine rings is 1. The van der Waals surface area contributed by atoms with Crippen LogP contribution in [0.4, 0.5) is 0 Å². The number of likely N-dealkylation sites (tertiary alicyclic amines) is 1. The van der Waals surface area contributed by atoms with Crippen LogP contribution in [0.15, 0.2) is 63.5 Å². The highest BCUT2D eigenvalue weighted by Crippen LogP contribution is 2.33. The summed E-state index contributed by atoms with van der Waals surface area (Å²) in [4.78, 5) is 24.8. The summed E-state index contributed by atoms with van der Waals surface area (Å²) in [5, 5.41) is 3.29. The van der Waals surface area contributed by atoms with Gasteiger partial charge in [0.15, 0.2) is 0 Å². The fourth-order valence-corrected chi connectivity index (χ4v) is 6.01. The van der Waals surface area contributed by atoms with Gasteiger partial charge < -0.3 is 26.6 Å². The van der Waals surface area contributed by atoms with E-state index in [1.807, 2.05) is 4.90 Å². The van der Waals surface area contributed by atoms with Crippen molar-refractivity contribution >= 4 is 11.7 Å². The average molecular weight is 508 g/mol. The quantitative estimate of drug-likeness (QED) is 0.359. The van der Waals surface area contributed by atoms with Gasteiger partial charge in [0.2, 0.25) is 0 Å². The van der Waals surface area contributed by atoms with E-state index in [4.69, 9.17) is 16.5 Å². The highest BCUT2D eigenvalue weighted by molar-refractivity contribution is 6.05. The minimum Gasteiger partial charge on any atom is -0.394 e. The van der Waals surface area contributed by atoms with Crippen molar-refractivity contribution in [3.8, 4) is 0 Å². The SMILES string of the molecule is C/C=C1/C=C(C)N(C2CCCC2)/C1=N/C(N/C(N)=C/C=C(\N)C(=O)N1CC2CCC(C1)N2C)=C(\C)CC. The predicted molar refractivity (Wildman–Crippen MR) is 151 cm³/mol. The molecule has 3 aliphatic heterocycles. The summed E-state index contributed by atoms with van der Waals surface area (Å²) in [6.07, 6.45) is 15.7. The summed E-state index contributed by atoms with van der Waals surface area (Å²) in [5.74, 6) is 2.00. The highest BCUT2D eigenvalue weighted by atomic mass is 16.2. The molecular formula is C29H45N7O. The molecule has 5 N–H and O–H groups in total. The van der Waals surface area contributed by atoms with E-state index in [1.165, 1.54) is 31.4 Å². The third-order valence-electron chi connectivity index (χ3n) is 8.47. The number of allylic oxidation sites excluding steroid dienone is 5. The number of carbonyl (C=O) groups is 1. The molecule has 0 radical (unpaired) electrons. The normalized spacial score (nSPS) is 28.4. The van der Waals surface area contributed by atoms with Crippen LogP contribution in [-0.2, 0) is 4.79 Å². The Kier molecular flexibility index (Phi) is 8.47. The molecule has 37 heavy (non-hydrogen) atoms. The van der Waals surface area contributed by atoms with Crippen molar-refractivity contribution in [1.82, 2.24) is 20.0 Å². The van der Waals surface area contributed by atoms with Crippen molar-refractivity contribution in [3.63, 3.8) is 0 Å². The van der Waals surface area contributed by atoms with Crippen LogP contribution in [0.1, 0.15) is 72.6 Å². The van der Waals surface area contributed by atoms with E-state index in [2.05, 4.69) is 62.0 Å². The van der Waals surface area contributed by atoms with Crippen molar-refractivity contribution in [3.05, 3.63) is 58.5 Å². The molecule has 202 valence electrons. The zero-order valence-corrected chi connectivity index (χ0v) is 23.3. The number of rotatable bonds is 7. The van der Waals surface area contributed by atoms with Crippen LogP contribution in [0.3, 0.4) is 0 Å². The molecule has 2 unspecified atom stereocenters. The maximum Gasteiger partial charge on any atom is 0.269 e. The minimum absolute atomic E-state index is 0.118. The number of nitrogens with zero attached hydrogens (tertiary/aromatic N) is 4. The molecule has 1 amide bonds. The van der Waals surface area contributed by atoms with Crippen molar-refractivity contribution in [1.29, 1.82) is 0 Å². The molecule has 1 aliphatic carbocycles. The third kappa shape index (κ3) is 5.79. The maximum absolute atomic E-state index is 13.0. The Morgan fingerprint density at radius 2 is 1.76 bits per heavy atom. The van der Waals surface area contributed by atoms with E-state index in [9.17, 15) is 4.79 Å². The van der Waals surface area contributed by atoms with E-state index in [0.29, 0.717) is 23.9 Å². The summed E-state index contributed by atoms with van der Waals surface area (Å²) in [7, 11) is 2.15. The van der Waals surface area contributed by atoms with Crippen molar-refractivity contribution < 1.29 is 4.79 Å². The molecule has 3 fully saturated rings. The van der Waals surface area contributed by atoms with Gasteiger partial charge in [-0.3, -0.25) is 9.69 Å². The standard InChI is InChI=1S/C29H45N7O/c1-6-19(3)27(33-28-21(7-2)16-20(4)36(28)22-10-8-9-11-22)32-26(31)15-14-25(30)29(37)35-17-23-12-13-24(18-35)34(23)5/h7,14-16,22-24,32H,6,8-13,17-18,30-31H2,1-5H3/b21-7-,25-14-,26-15+,27-19+,33-28+. The van der Waals surface area contributed by atoms with Crippen LogP contribution in [0, 0.1) is 0 Å². The average Bonchev–Trinajstić information content (AvgIpc) is 3.56. The number of nitrogens with two attached hydrogens (primary N) is 2. The molecule has 0 aromatic heterocycles. The summed E-state index contributed by atoms with van der Waals surface area (Å²) in [5.41, 5.74) is 16.2. The molecule has 4 rings (SSSR count). The summed E-state index contributed by atoms with van der Waals surface area (Å²) < 4.78 is 0. The number of nitrogens with one attached hydrogen (secondary N) is 1. The number of likely N-dealkylation sites (N-methyl/N-ethyl adjacent to an activating group) is 1. The number of aliphatic imine (C=N–C) groups is 1. The molecule has 2 saturated heterocycles. The van der Waals surface area contributed by atoms with Crippen LogP contribution < -0.4 is 16.8 Å². The van der Waals surface area contributed by atoms with Gasteiger partial charge >= 0.3 is 0 Å². The number of carbonyl (C=O) groups excluding carboxylic acids is 1. The van der Waals surface area contributed by atoms with Crippen LogP contribution in [0.2, 0.25) is 0 Å². The van der Waals surface area contributed by atoms with Crippen LogP contribution in [-0.4, -0.2) is 64.7 Å². The first-order chi connectivity index (χ1) is 17.7. The molecule has 2 bridgehead atoms. The lowest BCUT2D eigenvalue weighted by molar-refractivity contribution is -0.130. The lowest BCUT2D eigenvalue weighted by Gasteiger charge is -2.38. The Balaban J connectivity index is 1.50. The Labute approximate surface area is 222 Å². The number of amides is 1. The van der Waals surface area contributed by atoms with Gasteiger partial charge in [-0.25, -0.2) is 4.99 Å². The molecular weight excluding hydrogens is 462 g/mol. The summed E-state index contributed by atoms with van der Waals surface area (Å²) in [6, 6.07) is 1.35. The minimum atomic E-state index is -0.118. The van der Waals surface area contributed by atoms with Crippen molar-refractivity contribution in [2.24, 2.45) is 16.5 Å². The highest BCUT2D eigenvalue weighted by Gasteiger charge is 2.39. The topological polar surface area (TPSA) is 103 Å². The van der Waals surface area contributed by atoms with Crippen molar-refractivity contribution in [2.45, 2.75) is 90.8 Å². The number of hydrogen-bond acceptors (Lipinski definition) is 6. The molecule has 8 heteroatoms. The molecule has 0 aromatic carbocycles. The van der Waals surface area contributed by atoms with Gasteiger partial charge in [0, 0.05) is 42.5 Å². The van der Waals surface area contributed by atoms with Crippen LogP contribution in [0.25, 0.3) is 0 Å². The zero-order valence-electron chi connectivity index (χ0n) is 23.3. The van der Waals surface area contributed by atoms with Gasteiger partial charge in [-0.2, -0.15) is 0 Å². The smallest absolute Gasteiger partial charge is 0.269 e. The molecule has 1 saturated carbocycles. The van der Waals surface area contributed by atoms with E-state index >= 15 is 0 Å². The molecule has 0 spiro atoms. The number of fused-ring (bicyclic) bond motifs is 2. The lowest BCUT2D eigenvalue weighted by Crippen LogP contribution is -2.54. The predicted octanol–water partition coefficient (Wildman–Crippen LogP) is 3.67. The first kappa shape index (κ1) is 27.0. The zero-order chi connectivity index (χ0) is 26.7. The number of amidine groups is 1. The maximum atomic E-state index is 13.0. The Hall–Kier alpha value is -3.00. The Morgan fingerprint density at radius 3 is 2.35 bits per heavy atom. The van der Waals surface area contributed by atoms with Gasteiger partial charge in [0.1, 0.15) is 17.5 Å². The van der Waals surface area contributed by atoms with Gasteiger partial charge in [-0.1, -0.05) is 25.8 Å². The fraction of sp³-hybridized carbons (Fsp3) is 0.586. The second-order valence-corrected chi connectivity index (χ2v) is 10.9.